The van der Waals surface area contributed by atoms with Gasteiger partial charge in [-0.25, -0.2) is 0 Å². The van der Waals surface area contributed by atoms with Gasteiger partial charge in [0.2, 0.25) is 0 Å². The van der Waals surface area contributed by atoms with Gasteiger partial charge in [0.1, 0.15) is 0 Å². The lowest BCUT2D eigenvalue weighted by atomic mass is 10.0. The number of benzene rings is 1. The largest absolute Gasteiger partial charge is 0.368 e. The lowest BCUT2D eigenvalue weighted by Gasteiger charge is -2.46. The average molecular weight is 259 g/mol. The first-order valence-corrected chi connectivity index (χ1v) is 7.50. The van der Waals surface area contributed by atoms with E-state index in [1.165, 1.54) is 56.0 Å². The van der Waals surface area contributed by atoms with Crippen LogP contribution in [0.15, 0.2) is 18.2 Å². The topological polar surface area (TPSA) is 18.5 Å². The lowest BCUT2D eigenvalue weighted by molar-refractivity contribution is 0.177. The summed E-state index contributed by atoms with van der Waals surface area (Å²) in [4.78, 5) is 5.18. The zero-order valence-electron chi connectivity index (χ0n) is 12.2. The van der Waals surface area contributed by atoms with Crippen LogP contribution in [0.5, 0.6) is 0 Å². The fourth-order valence-electron chi connectivity index (χ4n) is 3.26. The van der Waals surface area contributed by atoms with Crippen molar-refractivity contribution in [3.8, 4) is 0 Å². The molecule has 0 atom stereocenters. The smallest absolute Gasteiger partial charge is 0.0447 e. The van der Waals surface area contributed by atoms with Crippen LogP contribution in [0.1, 0.15) is 17.5 Å². The highest BCUT2D eigenvalue weighted by Gasteiger charge is 2.32. The first-order valence-electron chi connectivity index (χ1n) is 7.50. The molecule has 19 heavy (non-hydrogen) atoms. The third-order valence-electron chi connectivity index (χ3n) is 4.32. The summed E-state index contributed by atoms with van der Waals surface area (Å²) < 4.78 is 0. The molecule has 3 rings (SSSR count). The van der Waals surface area contributed by atoms with Crippen LogP contribution in [-0.2, 0) is 0 Å². The van der Waals surface area contributed by atoms with Crippen LogP contribution in [0.25, 0.3) is 0 Å². The van der Waals surface area contributed by atoms with Crippen LogP contribution in [0.4, 0.5) is 5.69 Å². The van der Waals surface area contributed by atoms with E-state index in [-0.39, 0.29) is 0 Å². The number of anilines is 1. The van der Waals surface area contributed by atoms with E-state index in [0.29, 0.717) is 0 Å². The Morgan fingerprint density at radius 1 is 1.00 bits per heavy atom. The van der Waals surface area contributed by atoms with Gasteiger partial charge in [0.15, 0.2) is 0 Å². The molecule has 0 amide bonds. The summed E-state index contributed by atoms with van der Waals surface area (Å²) >= 11 is 0. The third-order valence-corrected chi connectivity index (χ3v) is 4.32. The first-order chi connectivity index (χ1) is 9.22. The molecule has 3 heteroatoms. The fourth-order valence-corrected chi connectivity index (χ4v) is 3.26. The minimum atomic E-state index is 0.765. The normalized spacial score (nSPS) is 22.1. The fraction of sp³-hybridized carbons (Fsp3) is 0.625. The molecule has 2 fully saturated rings. The SMILES string of the molecule is Cc1cc(C)cc(N2CC(N3CCCNCC3)C2)c1. The van der Waals surface area contributed by atoms with Gasteiger partial charge in [-0.15, -0.1) is 0 Å². The van der Waals surface area contributed by atoms with Crippen molar-refractivity contribution >= 4 is 5.69 Å². The monoisotopic (exact) mass is 259 g/mol. The third kappa shape index (κ3) is 2.93. The van der Waals surface area contributed by atoms with Crippen molar-refractivity contribution in [3.63, 3.8) is 0 Å². The minimum absolute atomic E-state index is 0.765. The summed E-state index contributed by atoms with van der Waals surface area (Å²) in [6.07, 6.45) is 1.29. The Morgan fingerprint density at radius 2 is 1.74 bits per heavy atom. The van der Waals surface area contributed by atoms with Gasteiger partial charge in [-0.2, -0.15) is 0 Å². The summed E-state index contributed by atoms with van der Waals surface area (Å²) in [5, 5.41) is 3.48. The molecule has 0 radical (unpaired) electrons. The van der Waals surface area contributed by atoms with Crippen molar-refractivity contribution in [2.45, 2.75) is 26.3 Å². The van der Waals surface area contributed by atoms with Gasteiger partial charge < -0.3 is 10.2 Å². The molecule has 104 valence electrons. The summed E-state index contributed by atoms with van der Waals surface area (Å²) in [6.45, 7) is 11.6. The maximum Gasteiger partial charge on any atom is 0.0447 e. The molecule has 0 saturated carbocycles. The molecular formula is C16H25N3. The minimum Gasteiger partial charge on any atom is -0.368 e. The van der Waals surface area contributed by atoms with Crippen molar-refractivity contribution in [2.24, 2.45) is 0 Å². The molecule has 2 saturated heterocycles. The first kappa shape index (κ1) is 12.9. The van der Waals surface area contributed by atoms with Gasteiger partial charge in [-0.3, -0.25) is 4.90 Å². The standard InChI is InChI=1S/C16H25N3/c1-13-8-14(2)10-15(9-13)19-11-16(12-19)18-6-3-4-17-5-7-18/h8-10,16-17H,3-7,11-12H2,1-2H3. The lowest BCUT2D eigenvalue weighted by Crippen LogP contribution is -2.60. The Morgan fingerprint density at radius 3 is 2.47 bits per heavy atom. The number of aryl methyl sites for hydroxylation is 2. The van der Waals surface area contributed by atoms with Gasteiger partial charge in [0.25, 0.3) is 0 Å². The number of hydrogen-bond donors (Lipinski definition) is 1. The Labute approximate surface area is 116 Å². The number of rotatable bonds is 2. The predicted octanol–water partition coefficient (Wildman–Crippen LogP) is 1.79. The summed E-state index contributed by atoms with van der Waals surface area (Å²) in [7, 11) is 0. The van der Waals surface area contributed by atoms with Gasteiger partial charge in [0.05, 0.1) is 0 Å². The van der Waals surface area contributed by atoms with E-state index in [1.54, 1.807) is 0 Å². The maximum atomic E-state index is 3.48. The van der Waals surface area contributed by atoms with Crippen molar-refractivity contribution in [1.82, 2.24) is 10.2 Å². The van der Waals surface area contributed by atoms with Crippen molar-refractivity contribution in [2.75, 3.05) is 44.2 Å². The highest BCUT2D eigenvalue weighted by Crippen LogP contribution is 2.26. The maximum absolute atomic E-state index is 3.48. The summed E-state index contributed by atoms with van der Waals surface area (Å²) in [5.41, 5.74) is 4.15. The molecule has 0 aromatic heterocycles. The van der Waals surface area contributed by atoms with E-state index in [1.807, 2.05) is 0 Å². The van der Waals surface area contributed by atoms with E-state index in [4.69, 9.17) is 0 Å². The molecule has 2 aliphatic rings. The number of nitrogens with one attached hydrogen (secondary N) is 1. The molecule has 0 bridgehead atoms. The van der Waals surface area contributed by atoms with Crippen LogP contribution in [0.2, 0.25) is 0 Å². The van der Waals surface area contributed by atoms with Crippen LogP contribution in [0.3, 0.4) is 0 Å². The molecule has 0 unspecified atom stereocenters. The molecular weight excluding hydrogens is 234 g/mol. The zero-order chi connectivity index (χ0) is 13.2. The van der Waals surface area contributed by atoms with Gasteiger partial charge in [-0.1, -0.05) is 6.07 Å². The van der Waals surface area contributed by atoms with Gasteiger partial charge in [-0.05, 0) is 56.6 Å². The van der Waals surface area contributed by atoms with Gasteiger partial charge in [0, 0.05) is 37.9 Å². The number of hydrogen-bond acceptors (Lipinski definition) is 3. The Hall–Kier alpha value is -1.06. The molecule has 3 nitrogen and oxygen atoms in total. The summed E-state index contributed by atoms with van der Waals surface area (Å²) in [6, 6.07) is 7.64. The Bertz CT molecular complexity index is 409. The van der Waals surface area contributed by atoms with Crippen LogP contribution in [-0.4, -0.2) is 50.2 Å². The predicted molar refractivity (Wildman–Crippen MR) is 81.0 cm³/mol. The molecule has 0 aliphatic carbocycles. The summed E-state index contributed by atoms with van der Waals surface area (Å²) in [5.74, 6) is 0. The van der Waals surface area contributed by atoms with E-state index < -0.39 is 0 Å². The van der Waals surface area contributed by atoms with Crippen LogP contribution >= 0.6 is 0 Å². The van der Waals surface area contributed by atoms with Gasteiger partial charge >= 0.3 is 0 Å². The molecule has 1 aromatic carbocycles. The molecule has 2 heterocycles. The number of nitrogens with zero attached hydrogens (tertiary/aromatic N) is 2. The second-order valence-corrected chi connectivity index (χ2v) is 6.04. The molecule has 1 aromatic rings. The zero-order valence-corrected chi connectivity index (χ0v) is 12.2. The van der Waals surface area contributed by atoms with Crippen LogP contribution in [0, 0.1) is 13.8 Å². The highest BCUT2D eigenvalue weighted by atomic mass is 15.3. The van der Waals surface area contributed by atoms with E-state index in [0.717, 1.165) is 12.6 Å². The van der Waals surface area contributed by atoms with E-state index in [2.05, 4.69) is 47.2 Å². The molecule has 1 N–H and O–H groups in total. The average Bonchev–Trinajstić information content (AvgIpc) is 2.54. The highest BCUT2D eigenvalue weighted by molar-refractivity contribution is 5.53. The van der Waals surface area contributed by atoms with E-state index in [9.17, 15) is 0 Å². The quantitative estimate of drug-likeness (QED) is 0.873. The van der Waals surface area contributed by atoms with Crippen molar-refractivity contribution in [1.29, 1.82) is 0 Å². The van der Waals surface area contributed by atoms with Crippen molar-refractivity contribution in [3.05, 3.63) is 29.3 Å². The Kier molecular flexibility index (Phi) is 3.76. The Balaban J connectivity index is 1.59. The second-order valence-electron chi connectivity index (χ2n) is 6.04. The second kappa shape index (κ2) is 5.51. The van der Waals surface area contributed by atoms with E-state index >= 15 is 0 Å². The van der Waals surface area contributed by atoms with Crippen LogP contribution < -0.4 is 10.2 Å². The molecule has 2 aliphatic heterocycles. The molecule has 0 spiro atoms. The van der Waals surface area contributed by atoms with Crippen molar-refractivity contribution < 1.29 is 0 Å².